The first kappa shape index (κ1) is 16.9. The molecule has 0 fully saturated rings. The maximum absolute atomic E-state index is 4.78. The van der Waals surface area contributed by atoms with Crippen molar-refractivity contribution in [1.29, 1.82) is 0 Å². The fraction of sp³-hybridized carbons (Fsp3) is 0.0385. The van der Waals surface area contributed by atoms with E-state index in [1.165, 1.54) is 30.9 Å². The predicted octanol–water partition coefficient (Wildman–Crippen LogP) is 7.69. The molecule has 0 radical (unpaired) electrons. The first-order valence-electron chi connectivity index (χ1n) is 9.35. The van der Waals surface area contributed by atoms with Crippen molar-refractivity contribution in [3.05, 3.63) is 103 Å². The average Bonchev–Trinajstić information content (AvgIpc) is 3.12. The van der Waals surface area contributed by atoms with E-state index in [1.807, 2.05) is 41.7 Å². The van der Waals surface area contributed by atoms with Crippen molar-refractivity contribution in [1.82, 2.24) is 0 Å². The monoisotopic (exact) mass is 377 g/mol. The lowest BCUT2D eigenvalue weighted by molar-refractivity contribution is 1.49. The van der Waals surface area contributed by atoms with Gasteiger partial charge in [-0.15, -0.1) is 11.3 Å². The topological polar surface area (TPSA) is 12.4 Å². The highest BCUT2D eigenvalue weighted by atomic mass is 32.1. The van der Waals surface area contributed by atoms with Crippen molar-refractivity contribution in [3.63, 3.8) is 0 Å². The Hall–Kier alpha value is -3.23. The van der Waals surface area contributed by atoms with E-state index in [0.29, 0.717) is 0 Å². The quantitative estimate of drug-likeness (QED) is 0.286. The molecule has 5 aromatic rings. The molecule has 1 heterocycles. The zero-order valence-electron chi connectivity index (χ0n) is 15.6. The number of rotatable bonds is 3. The molecule has 0 unspecified atom stereocenters. The van der Waals surface area contributed by atoms with E-state index in [4.69, 9.17) is 4.99 Å². The summed E-state index contributed by atoms with van der Waals surface area (Å²) in [4.78, 5) is 4.78. The second kappa shape index (κ2) is 6.74. The van der Waals surface area contributed by atoms with Gasteiger partial charge >= 0.3 is 0 Å². The highest BCUT2D eigenvalue weighted by molar-refractivity contribution is 7.26. The SMILES string of the molecule is C=C(N=C(C)c1ccc2sc3ccc4ccccc4c3c2c1)c1ccccc1. The highest BCUT2D eigenvalue weighted by Crippen LogP contribution is 2.38. The van der Waals surface area contributed by atoms with Gasteiger partial charge in [-0.25, -0.2) is 0 Å². The van der Waals surface area contributed by atoms with Crippen LogP contribution in [0.25, 0.3) is 36.6 Å². The van der Waals surface area contributed by atoms with Crippen LogP contribution in [0.1, 0.15) is 18.1 Å². The van der Waals surface area contributed by atoms with Crippen molar-refractivity contribution >= 4 is 53.7 Å². The van der Waals surface area contributed by atoms with Crippen LogP contribution in [0.3, 0.4) is 0 Å². The molecule has 0 spiro atoms. The molecule has 0 aliphatic carbocycles. The molecule has 0 amide bonds. The Balaban J connectivity index is 1.66. The highest BCUT2D eigenvalue weighted by Gasteiger charge is 2.10. The van der Waals surface area contributed by atoms with Crippen LogP contribution in [0.15, 0.2) is 96.5 Å². The zero-order valence-corrected chi connectivity index (χ0v) is 16.5. The summed E-state index contributed by atoms with van der Waals surface area (Å²) in [7, 11) is 0. The smallest absolute Gasteiger partial charge is 0.0633 e. The van der Waals surface area contributed by atoms with Gasteiger partial charge in [-0.3, -0.25) is 4.99 Å². The van der Waals surface area contributed by atoms with Crippen molar-refractivity contribution in [3.8, 4) is 0 Å². The van der Waals surface area contributed by atoms with Gasteiger partial charge in [0.25, 0.3) is 0 Å². The van der Waals surface area contributed by atoms with Crippen LogP contribution in [-0.4, -0.2) is 5.71 Å². The molecule has 134 valence electrons. The fourth-order valence-electron chi connectivity index (χ4n) is 3.73. The first-order valence-corrected chi connectivity index (χ1v) is 10.2. The summed E-state index contributed by atoms with van der Waals surface area (Å²) in [6, 6.07) is 29.8. The molecule has 2 heteroatoms. The summed E-state index contributed by atoms with van der Waals surface area (Å²) in [5.74, 6) is 0. The number of fused-ring (bicyclic) bond motifs is 5. The molecule has 28 heavy (non-hydrogen) atoms. The molecule has 0 aliphatic heterocycles. The Bertz CT molecular complexity index is 1370. The minimum Gasteiger partial charge on any atom is -0.253 e. The van der Waals surface area contributed by atoms with Gasteiger partial charge in [0.2, 0.25) is 0 Å². The van der Waals surface area contributed by atoms with Crippen LogP contribution in [0.2, 0.25) is 0 Å². The third-order valence-corrected chi connectivity index (χ3v) is 6.32. The summed E-state index contributed by atoms with van der Waals surface area (Å²) in [5.41, 5.74) is 3.96. The number of hydrogen-bond donors (Lipinski definition) is 0. The lowest BCUT2D eigenvalue weighted by Crippen LogP contribution is -1.95. The maximum Gasteiger partial charge on any atom is 0.0633 e. The molecular weight excluding hydrogens is 358 g/mol. The van der Waals surface area contributed by atoms with Crippen molar-refractivity contribution < 1.29 is 0 Å². The molecule has 1 aromatic heterocycles. The fourth-order valence-corrected chi connectivity index (χ4v) is 4.84. The average molecular weight is 378 g/mol. The number of aliphatic imine (C=N–C) groups is 1. The van der Waals surface area contributed by atoms with E-state index in [0.717, 1.165) is 22.5 Å². The molecule has 0 bridgehead atoms. The van der Waals surface area contributed by atoms with Crippen molar-refractivity contribution in [2.45, 2.75) is 6.92 Å². The van der Waals surface area contributed by atoms with Gasteiger partial charge in [-0.05, 0) is 47.0 Å². The molecule has 0 N–H and O–H groups in total. The van der Waals surface area contributed by atoms with E-state index in [2.05, 4.69) is 68.1 Å². The summed E-state index contributed by atoms with van der Waals surface area (Å²) in [6.45, 7) is 6.21. The molecule has 0 aliphatic rings. The molecule has 4 aromatic carbocycles. The van der Waals surface area contributed by atoms with Crippen LogP contribution in [-0.2, 0) is 0 Å². The lowest BCUT2D eigenvalue weighted by atomic mass is 10.0. The van der Waals surface area contributed by atoms with Crippen LogP contribution < -0.4 is 0 Å². The third kappa shape index (κ3) is 2.83. The molecule has 0 saturated heterocycles. The standard InChI is InChI=1S/C26H19NS/c1-17(19-8-4-3-5-9-19)27-18(2)21-13-14-24-23(16-21)26-22-11-7-6-10-20(22)12-15-25(26)28-24/h3-16H,1H2,2H3. The van der Waals surface area contributed by atoms with Gasteiger partial charge in [0.15, 0.2) is 0 Å². The van der Waals surface area contributed by atoms with E-state index < -0.39 is 0 Å². The number of hydrogen-bond acceptors (Lipinski definition) is 2. The van der Waals surface area contributed by atoms with Gasteiger partial charge in [0.05, 0.1) is 5.70 Å². The second-order valence-corrected chi connectivity index (χ2v) is 8.07. The van der Waals surface area contributed by atoms with Gasteiger partial charge in [0, 0.05) is 25.9 Å². The Kier molecular flexibility index (Phi) is 4.07. The van der Waals surface area contributed by atoms with Gasteiger partial charge in [0.1, 0.15) is 0 Å². The molecule has 0 atom stereocenters. The Morgan fingerprint density at radius 3 is 2.36 bits per heavy atom. The second-order valence-electron chi connectivity index (χ2n) is 6.98. The number of nitrogens with zero attached hydrogens (tertiary/aromatic N) is 1. The first-order chi connectivity index (χ1) is 13.7. The normalized spacial score (nSPS) is 12.1. The minimum absolute atomic E-state index is 0.791. The lowest BCUT2D eigenvalue weighted by Gasteiger charge is -2.05. The molecule has 5 rings (SSSR count). The largest absolute Gasteiger partial charge is 0.253 e. The predicted molar refractivity (Wildman–Crippen MR) is 125 cm³/mol. The Morgan fingerprint density at radius 2 is 1.50 bits per heavy atom. The number of thiophene rings is 1. The summed E-state index contributed by atoms with van der Waals surface area (Å²) in [6.07, 6.45) is 0. The summed E-state index contributed by atoms with van der Waals surface area (Å²) < 4.78 is 2.64. The van der Waals surface area contributed by atoms with Crippen molar-refractivity contribution in [2.75, 3.05) is 0 Å². The maximum atomic E-state index is 4.78. The van der Waals surface area contributed by atoms with Crippen LogP contribution in [0.4, 0.5) is 0 Å². The van der Waals surface area contributed by atoms with E-state index in [-0.39, 0.29) is 0 Å². The van der Waals surface area contributed by atoms with E-state index in [1.54, 1.807) is 0 Å². The van der Waals surface area contributed by atoms with Crippen LogP contribution >= 0.6 is 11.3 Å². The van der Waals surface area contributed by atoms with E-state index in [9.17, 15) is 0 Å². The molecule has 0 saturated carbocycles. The number of benzene rings is 4. The zero-order chi connectivity index (χ0) is 19.1. The molecule has 1 nitrogen and oxygen atoms in total. The molecular formula is C26H19NS. The van der Waals surface area contributed by atoms with E-state index >= 15 is 0 Å². The van der Waals surface area contributed by atoms with Crippen LogP contribution in [0.5, 0.6) is 0 Å². The summed E-state index contributed by atoms with van der Waals surface area (Å²) in [5, 5.41) is 5.23. The summed E-state index contributed by atoms with van der Waals surface area (Å²) >= 11 is 1.85. The van der Waals surface area contributed by atoms with Crippen molar-refractivity contribution in [2.24, 2.45) is 4.99 Å². The van der Waals surface area contributed by atoms with Crippen LogP contribution in [0, 0.1) is 0 Å². The van der Waals surface area contributed by atoms with Gasteiger partial charge in [-0.2, -0.15) is 0 Å². The van der Waals surface area contributed by atoms with Gasteiger partial charge in [-0.1, -0.05) is 73.3 Å². The minimum atomic E-state index is 0.791. The van der Waals surface area contributed by atoms with Gasteiger partial charge < -0.3 is 0 Å². The third-order valence-electron chi connectivity index (χ3n) is 5.19. The Morgan fingerprint density at radius 1 is 0.750 bits per heavy atom. The Labute approximate surface area is 168 Å².